The number of nitrogens with one attached hydrogen (secondary N) is 1. The molecule has 0 fully saturated rings. The van der Waals surface area contributed by atoms with E-state index < -0.39 is 20.0 Å². The second kappa shape index (κ2) is 54.0. The fourth-order valence-electron chi connectivity index (χ4n) is 8.03. The Morgan fingerprint density at radius 3 is 1.32 bits per heavy atom. The Bertz CT molecular complexity index is 1650. The minimum Gasteiger partial charge on any atom is -0.456 e. The molecule has 0 aromatic rings. The van der Waals surface area contributed by atoms with E-state index in [4.69, 9.17) is 13.8 Å². The van der Waals surface area contributed by atoms with Crippen molar-refractivity contribution < 1.29 is 37.3 Å². The highest BCUT2D eigenvalue weighted by Gasteiger charge is 2.30. The number of ether oxygens (including phenoxy) is 1. The number of phosphoric acid groups is 1. The summed E-state index contributed by atoms with van der Waals surface area (Å²) in [6, 6.07) is -0.877. The van der Waals surface area contributed by atoms with Gasteiger partial charge in [-0.2, -0.15) is 0 Å². The van der Waals surface area contributed by atoms with E-state index in [1.807, 2.05) is 33.3 Å². The van der Waals surface area contributed by atoms with Crippen LogP contribution in [0.2, 0.25) is 0 Å². The Hall–Kier alpha value is -3.33. The Morgan fingerprint density at radius 1 is 0.480 bits per heavy atom. The third kappa shape index (κ3) is 55.2. The van der Waals surface area contributed by atoms with Gasteiger partial charge in [-0.15, -0.1) is 0 Å². The van der Waals surface area contributed by atoms with E-state index in [2.05, 4.69) is 123 Å². The summed E-state index contributed by atoms with van der Waals surface area (Å²) in [5.74, 6) is -0.572. The average molecular weight is 1070 g/mol. The molecule has 0 heterocycles. The molecule has 0 aliphatic heterocycles. The van der Waals surface area contributed by atoms with Gasteiger partial charge in [-0.25, -0.2) is 4.57 Å². The van der Waals surface area contributed by atoms with Crippen LogP contribution in [0.3, 0.4) is 0 Å². The Balaban J connectivity index is 5.36. The number of esters is 1. The van der Waals surface area contributed by atoms with Gasteiger partial charge in [0.1, 0.15) is 19.3 Å². The molecule has 75 heavy (non-hydrogen) atoms. The Morgan fingerprint density at radius 2 is 0.853 bits per heavy atom. The minimum absolute atomic E-state index is 0.0259. The molecule has 430 valence electrons. The third-order valence-corrected chi connectivity index (χ3v) is 13.7. The predicted octanol–water partition coefficient (Wildman–Crippen LogP) is 18.6. The lowest BCUT2D eigenvalue weighted by Crippen LogP contribution is -2.47. The molecule has 9 nitrogen and oxygen atoms in total. The van der Waals surface area contributed by atoms with Crippen LogP contribution in [0.4, 0.5) is 0 Å². The summed E-state index contributed by atoms with van der Waals surface area (Å²) in [5.41, 5.74) is 0. The van der Waals surface area contributed by atoms with Crippen molar-refractivity contribution in [3.8, 4) is 0 Å². The topological polar surface area (TPSA) is 111 Å². The largest absolute Gasteiger partial charge is 0.472 e. The van der Waals surface area contributed by atoms with E-state index in [-0.39, 0.29) is 31.5 Å². The van der Waals surface area contributed by atoms with Gasteiger partial charge < -0.3 is 19.4 Å². The first-order valence-corrected chi connectivity index (χ1v) is 31.7. The number of unbranched alkanes of at least 4 members (excludes halogenated alkanes) is 21. The monoisotopic (exact) mass is 1070 g/mol. The number of hydrogen-bond acceptors (Lipinski definition) is 6. The minimum atomic E-state index is -4.46. The predicted molar refractivity (Wildman–Crippen MR) is 323 cm³/mol. The van der Waals surface area contributed by atoms with Crippen LogP contribution >= 0.6 is 7.82 Å². The van der Waals surface area contributed by atoms with Crippen molar-refractivity contribution in [2.24, 2.45) is 0 Å². The lowest BCUT2D eigenvalue weighted by Gasteiger charge is -2.27. The SMILES string of the molecule is CC/C=C\C/C=C\C/C=C\C/C=C\C/C=C\C/C=C\CCCCC(=O)OC(/C=C/CCCCCCCCCCC)C(COP(=O)(O)OCC[N+](C)(C)C)NC(=O)CCCCCCCCC/C=C\C/C=C\CCCCC. The molecule has 0 radical (unpaired) electrons. The maximum Gasteiger partial charge on any atom is 0.472 e. The molecule has 0 aliphatic rings. The normalized spacial score (nSPS) is 14.5. The number of amides is 1. The van der Waals surface area contributed by atoms with Crippen LogP contribution in [0.1, 0.15) is 239 Å². The second-order valence-corrected chi connectivity index (χ2v) is 22.6. The fourth-order valence-corrected chi connectivity index (χ4v) is 8.77. The molecule has 0 bridgehead atoms. The Kier molecular flexibility index (Phi) is 51.6. The third-order valence-electron chi connectivity index (χ3n) is 12.7. The van der Waals surface area contributed by atoms with Crippen molar-refractivity contribution >= 4 is 19.7 Å². The van der Waals surface area contributed by atoms with Crippen LogP contribution < -0.4 is 5.32 Å². The summed E-state index contributed by atoms with van der Waals surface area (Å²) in [6.45, 7) is 6.82. The highest BCUT2D eigenvalue weighted by atomic mass is 31.2. The first kappa shape index (κ1) is 71.7. The fraction of sp³-hybridized carbons (Fsp3) is 0.692. The van der Waals surface area contributed by atoms with E-state index in [1.54, 1.807) is 0 Å². The molecular weight excluding hydrogens is 952 g/mol. The molecule has 1 amide bonds. The van der Waals surface area contributed by atoms with Gasteiger partial charge in [0.05, 0.1) is 33.8 Å². The van der Waals surface area contributed by atoms with Gasteiger partial charge in [-0.3, -0.25) is 18.6 Å². The highest BCUT2D eigenvalue weighted by molar-refractivity contribution is 7.47. The van der Waals surface area contributed by atoms with Gasteiger partial charge >= 0.3 is 13.8 Å². The number of phosphoric ester groups is 1. The van der Waals surface area contributed by atoms with Gasteiger partial charge in [0, 0.05) is 12.8 Å². The molecule has 0 spiro atoms. The van der Waals surface area contributed by atoms with E-state index in [1.165, 1.54) is 89.9 Å². The highest BCUT2D eigenvalue weighted by Crippen LogP contribution is 2.43. The zero-order valence-electron chi connectivity index (χ0n) is 49.0. The molecule has 10 heteroatoms. The number of rotatable bonds is 53. The summed E-state index contributed by atoms with van der Waals surface area (Å²) in [4.78, 5) is 37.6. The Labute approximate surface area is 461 Å². The lowest BCUT2D eigenvalue weighted by atomic mass is 10.1. The van der Waals surface area contributed by atoms with Crippen LogP contribution in [0.15, 0.2) is 109 Å². The van der Waals surface area contributed by atoms with Gasteiger partial charge in [-0.05, 0) is 115 Å². The maximum atomic E-state index is 13.5. The first-order valence-electron chi connectivity index (χ1n) is 30.2. The number of likely N-dealkylation sites (N-methyl/N-ethyl adjacent to an activating group) is 1. The summed E-state index contributed by atoms with van der Waals surface area (Å²) in [6.07, 6.45) is 73.7. The average Bonchev–Trinajstić information content (AvgIpc) is 3.37. The van der Waals surface area contributed by atoms with Crippen molar-refractivity contribution in [3.63, 3.8) is 0 Å². The molecule has 0 saturated heterocycles. The standard InChI is InChI=1S/C65H113N2O7P/c1-7-10-13-16-19-22-25-27-29-31-32-33-34-36-38-40-43-46-49-52-55-58-65(69)74-63(56-53-50-47-44-41-24-21-18-15-12-9-3)62(61-73-75(70,71)72-60-59-67(4,5)6)66-64(68)57-54-51-48-45-42-39-37-35-30-28-26-23-20-17-14-11-8-2/h10,13,19-20,22-23,27-30,32-33,36,38,43,46,53,56,62-63H,7-9,11-12,14-18,21,24-26,31,34-35,37,39-42,44-45,47-52,54-55,57-61H2,1-6H3,(H-,66,68,70,71)/p+1/b13-10-,22-19-,23-20-,29-27-,30-28-,33-32-,38-36-,46-43-,56-53+. The summed E-state index contributed by atoms with van der Waals surface area (Å²) in [7, 11) is 1.45. The number of carbonyl (C=O) groups excluding carboxylic acids is 2. The van der Waals surface area contributed by atoms with E-state index in [0.29, 0.717) is 23.9 Å². The number of nitrogens with zero attached hydrogens (tertiary/aromatic N) is 1. The zero-order valence-corrected chi connectivity index (χ0v) is 49.9. The molecule has 0 aromatic heterocycles. The van der Waals surface area contributed by atoms with E-state index in [0.717, 1.165) is 109 Å². The molecular formula is C65H114N2O7P+. The number of allylic oxidation sites excluding steroid dienone is 17. The van der Waals surface area contributed by atoms with Crippen LogP contribution in [0.25, 0.3) is 0 Å². The van der Waals surface area contributed by atoms with Crippen molar-refractivity contribution in [1.29, 1.82) is 0 Å². The molecule has 0 saturated carbocycles. The van der Waals surface area contributed by atoms with Gasteiger partial charge in [0.15, 0.2) is 0 Å². The van der Waals surface area contributed by atoms with Crippen LogP contribution in [0, 0.1) is 0 Å². The summed E-state index contributed by atoms with van der Waals surface area (Å²) < 4.78 is 30.6. The summed E-state index contributed by atoms with van der Waals surface area (Å²) >= 11 is 0. The zero-order chi connectivity index (χ0) is 55.0. The second-order valence-electron chi connectivity index (χ2n) is 21.1. The molecule has 3 unspecified atom stereocenters. The smallest absolute Gasteiger partial charge is 0.456 e. The van der Waals surface area contributed by atoms with Gasteiger partial charge in [0.25, 0.3) is 0 Å². The quantitative estimate of drug-likeness (QED) is 0.0205. The number of carbonyl (C=O) groups is 2. The molecule has 0 aromatic carbocycles. The van der Waals surface area contributed by atoms with Gasteiger partial charge in [-0.1, -0.05) is 220 Å². The number of hydrogen-bond donors (Lipinski definition) is 2. The van der Waals surface area contributed by atoms with E-state index >= 15 is 0 Å². The number of quaternary nitrogens is 1. The molecule has 3 atom stereocenters. The summed E-state index contributed by atoms with van der Waals surface area (Å²) in [5, 5.41) is 3.03. The first-order chi connectivity index (χ1) is 36.4. The van der Waals surface area contributed by atoms with Gasteiger partial charge in [0.2, 0.25) is 5.91 Å². The van der Waals surface area contributed by atoms with Crippen LogP contribution in [0.5, 0.6) is 0 Å². The van der Waals surface area contributed by atoms with Crippen molar-refractivity contribution in [2.75, 3.05) is 40.9 Å². The van der Waals surface area contributed by atoms with E-state index in [9.17, 15) is 19.0 Å². The van der Waals surface area contributed by atoms with Crippen molar-refractivity contribution in [2.45, 2.75) is 251 Å². The van der Waals surface area contributed by atoms with Crippen molar-refractivity contribution in [1.82, 2.24) is 5.32 Å². The van der Waals surface area contributed by atoms with Crippen LogP contribution in [-0.4, -0.2) is 74.3 Å². The molecule has 0 aliphatic carbocycles. The molecule has 2 N–H and O–H groups in total. The lowest BCUT2D eigenvalue weighted by molar-refractivity contribution is -0.870. The van der Waals surface area contributed by atoms with Crippen LogP contribution in [-0.2, 0) is 27.9 Å². The van der Waals surface area contributed by atoms with Crippen molar-refractivity contribution in [3.05, 3.63) is 109 Å². The molecule has 0 rings (SSSR count). The maximum absolute atomic E-state index is 13.5.